The minimum atomic E-state index is -0.0891. The Bertz CT molecular complexity index is 319. The van der Waals surface area contributed by atoms with Gasteiger partial charge in [0.25, 0.3) is 0 Å². The third kappa shape index (κ3) is 2.51. The lowest BCUT2D eigenvalue weighted by Gasteiger charge is -2.09. The molecule has 0 spiro atoms. The summed E-state index contributed by atoms with van der Waals surface area (Å²) in [5, 5.41) is 0. The second kappa shape index (κ2) is 3.99. The summed E-state index contributed by atoms with van der Waals surface area (Å²) >= 11 is 0. The molecular weight excluding hydrogens is 164 g/mol. The van der Waals surface area contributed by atoms with Crippen LogP contribution in [0.4, 0.5) is 0 Å². The van der Waals surface area contributed by atoms with Crippen LogP contribution >= 0.6 is 0 Å². The van der Waals surface area contributed by atoms with Gasteiger partial charge in [0, 0.05) is 6.42 Å². The Morgan fingerprint density at radius 3 is 2.77 bits per heavy atom. The van der Waals surface area contributed by atoms with E-state index in [1.807, 2.05) is 13.0 Å². The fourth-order valence-corrected chi connectivity index (χ4v) is 1.28. The molecule has 1 aliphatic rings. The van der Waals surface area contributed by atoms with Gasteiger partial charge in [-0.15, -0.1) is 0 Å². The molecule has 0 fully saturated rings. The first kappa shape index (κ1) is 9.65. The molecular formula is C11H12O2. The highest BCUT2D eigenvalue weighted by Crippen LogP contribution is 2.19. The van der Waals surface area contributed by atoms with Crippen LogP contribution in [0.2, 0.25) is 0 Å². The van der Waals surface area contributed by atoms with Gasteiger partial charge >= 0.3 is 0 Å². The Hall–Kier alpha value is -1.44. The van der Waals surface area contributed by atoms with E-state index >= 15 is 0 Å². The van der Waals surface area contributed by atoms with Gasteiger partial charge in [-0.3, -0.25) is 9.59 Å². The Morgan fingerprint density at radius 2 is 2.31 bits per heavy atom. The number of allylic oxidation sites excluding steroid dienone is 5. The largest absolute Gasteiger partial charge is 0.298 e. The average Bonchev–Trinajstić information content (AvgIpc) is 2.03. The summed E-state index contributed by atoms with van der Waals surface area (Å²) in [5.41, 5.74) is 2.33. The Kier molecular flexibility index (Phi) is 2.96. The highest BCUT2D eigenvalue weighted by Gasteiger charge is 2.14. The number of carbonyl (C=O) groups excluding carboxylic acids is 2. The molecule has 0 aromatic heterocycles. The van der Waals surface area contributed by atoms with Gasteiger partial charge < -0.3 is 0 Å². The molecule has 0 N–H and O–H groups in total. The highest BCUT2D eigenvalue weighted by molar-refractivity contribution is 6.13. The number of aldehydes is 1. The van der Waals surface area contributed by atoms with E-state index in [4.69, 9.17) is 0 Å². The molecule has 0 saturated heterocycles. The lowest BCUT2D eigenvalue weighted by atomic mass is 9.94. The number of Topliss-reactive ketones (excluding diaryl/α,β-unsaturated/α-hetero) is 1. The normalized spacial score (nSPS) is 16.2. The van der Waals surface area contributed by atoms with Gasteiger partial charge in [0.15, 0.2) is 12.1 Å². The molecule has 1 rings (SSSR count). The van der Waals surface area contributed by atoms with E-state index in [2.05, 4.69) is 6.58 Å². The number of carbonyl (C=O) groups is 2. The summed E-state index contributed by atoms with van der Waals surface area (Å²) in [5.74, 6) is -0.0891. The standard InChI is InChI=1S/C11H12O2/c1-8(2)5-9-3-4-10(7-12)11(13)6-9/h3-4,7H,1,5-6H2,2H3. The Morgan fingerprint density at radius 1 is 1.62 bits per heavy atom. The minimum absolute atomic E-state index is 0.0891. The van der Waals surface area contributed by atoms with Crippen LogP contribution in [0.1, 0.15) is 19.8 Å². The zero-order valence-electron chi connectivity index (χ0n) is 7.67. The second-order valence-electron chi connectivity index (χ2n) is 3.30. The van der Waals surface area contributed by atoms with Crippen molar-refractivity contribution in [2.75, 3.05) is 0 Å². The number of rotatable bonds is 3. The van der Waals surface area contributed by atoms with Gasteiger partial charge in [-0.05, 0) is 19.4 Å². The van der Waals surface area contributed by atoms with Crippen molar-refractivity contribution in [3.8, 4) is 0 Å². The zero-order valence-corrected chi connectivity index (χ0v) is 7.67. The van der Waals surface area contributed by atoms with Gasteiger partial charge in [-0.1, -0.05) is 23.8 Å². The first-order valence-corrected chi connectivity index (χ1v) is 4.16. The monoisotopic (exact) mass is 176 g/mol. The number of ketones is 1. The average molecular weight is 176 g/mol. The van der Waals surface area contributed by atoms with Gasteiger partial charge in [0.2, 0.25) is 0 Å². The van der Waals surface area contributed by atoms with Gasteiger partial charge in [0.1, 0.15) is 0 Å². The molecule has 0 saturated carbocycles. The highest BCUT2D eigenvalue weighted by atomic mass is 16.1. The minimum Gasteiger partial charge on any atom is -0.298 e. The van der Waals surface area contributed by atoms with Gasteiger partial charge in [0.05, 0.1) is 5.57 Å². The van der Waals surface area contributed by atoms with E-state index in [0.29, 0.717) is 12.7 Å². The van der Waals surface area contributed by atoms with Crippen molar-refractivity contribution in [3.63, 3.8) is 0 Å². The van der Waals surface area contributed by atoms with E-state index in [0.717, 1.165) is 17.6 Å². The van der Waals surface area contributed by atoms with Gasteiger partial charge in [-0.25, -0.2) is 0 Å². The van der Waals surface area contributed by atoms with Crippen LogP contribution in [-0.2, 0) is 9.59 Å². The number of hydrogen-bond acceptors (Lipinski definition) is 2. The van der Waals surface area contributed by atoms with E-state index in [1.54, 1.807) is 6.08 Å². The van der Waals surface area contributed by atoms with Crippen molar-refractivity contribution < 1.29 is 9.59 Å². The molecule has 0 amide bonds. The SMILES string of the molecule is C=C(C)CC1=CC=C(C=O)C(=O)C1. The smallest absolute Gasteiger partial charge is 0.170 e. The Labute approximate surface area is 77.6 Å². The van der Waals surface area contributed by atoms with E-state index in [9.17, 15) is 9.59 Å². The van der Waals surface area contributed by atoms with Crippen molar-refractivity contribution in [1.82, 2.24) is 0 Å². The lowest BCUT2D eigenvalue weighted by Crippen LogP contribution is -2.08. The molecule has 2 heteroatoms. The third-order valence-electron chi connectivity index (χ3n) is 1.86. The second-order valence-corrected chi connectivity index (χ2v) is 3.30. The fraction of sp³-hybridized carbons (Fsp3) is 0.273. The maximum absolute atomic E-state index is 11.2. The summed E-state index contributed by atoms with van der Waals surface area (Å²) in [6, 6.07) is 0. The Balaban J connectivity index is 2.78. The van der Waals surface area contributed by atoms with Crippen molar-refractivity contribution in [2.24, 2.45) is 0 Å². The van der Waals surface area contributed by atoms with E-state index in [-0.39, 0.29) is 11.4 Å². The molecule has 1 aliphatic carbocycles. The zero-order chi connectivity index (χ0) is 9.84. The van der Waals surface area contributed by atoms with Crippen molar-refractivity contribution >= 4 is 12.1 Å². The lowest BCUT2D eigenvalue weighted by molar-refractivity contribution is -0.117. The van der Waals surface area contributed by atoms with Crippen LogP contribution in [0.5, 0.6) is 0 Å². The topological polar surface area (TPSA) is 34.1 Å². The summed E-state index contributed by atoms with van der Waals surface area (Å²) in [6.07, 6.45) is 5.12. The predicted molar refractivity (Wildman–Crippen MR) is 51.3 cm³/mol. The third-order valence-corrected chi connectivity index (χ3v) is 1.86. The maximum Gasteiger partial charge on any atom is 0.170 e. The van der Waals surface area contributed by atoms with Crippen molar-refractivity contribution in [2.45, 2.75) is 19.8 Å². The van der Waals surface area contributed by atoms with Crippen LogP contribution in [0.25, 0.3) is 0 Å². The van der Waals surface area contributed by atoms with Crippen molar-refractivity contribution in [3.05, 3.63) is 35.5 Å². The van der Waals surface area contributed by atoms with Crippen LogP contribution in [-0.4, -0.2) is 12.1 Å². The fourth-order valence-electron chi connectivity index (χ4n) is 1.28. The van der Waals surface area contributed by atoms with Crippen LogP contribution < -0.4 is 0 Å². The molecule has 2 nitrogen and oxygen atoms in total. The first-order chi connectivity index (χ1) is 6.13. The molecule has 0 bridgehead atoms. The summed E-state index contributed by atoms with van der Waals surface area (Å²) < 4.78 is 0. The van der Waals surface area contributed by atoms with Crippen LogP contribution in [0, 0.1) is 0 Å². The predicted octanol–water partition coefficient (Wildman–Crippen LogP) is 1.98. The number of hydrogen-bond donors (Lipinski definition) is 0. The summed E-state index contributed by atoms with van der Waals surface area (Å²) in [4.78, 5) is 21.6. The molecule has 0 radical (unpaired) electrons. The van der Waals surface area contributed by atoms with Crippen LogP contribution in [0.15, 0.2) is 35.5 Å². The molecule has 68 valence electrons. The van der Waals surface area contributed by atoms with Gasteiger partial charge in [-0.2, -0.15) is 0 Å². The molecule has 0 aromatic rings. The van der Waals surface area contributed by atoms with E-state index in [1.165, 1.54) is 0 Å². The summed E-state index contributed by atoms with van der Waals surface area (Å²) in [7, 11) is 0. The maximum atomic E-state index is 11.2. The quantitative estimate of drug-likeness (QED) is 0.374. The molecule has 0 aliphatic heterocycles. The van der Waals surface area contributed by atoms with E-state index < -0.39 is 0 Å². The molecule has 13 heavy (non-hydrogen) atoms. The summed E-state index contributed by atoms with van der Waals surface area (Å²) in [6.45, 7) is 5.69. The first-order valence-electron chi connectivity index (χ1n) is 4.16. The molecule has 0 unspecified atom stereocenters. The molecule has 0 atom stereocenters. The molecule has 0 heterocycles. The molecule has 0 aromatic carbocycles. The van der Waals surface area contributed by atoms with Crippen molar-refractivity contribution in [1.29, 1.82) is 0 Å². The van der Waals surface area contributed by atoms with Crippen LogP contribution in [0.3, 0.4) is 0 Å².